The van der Waals surface area contributed by atoms with E-state index in [0.29, 0.717) is 11.5 Å². The molecule has 0 bridgehead atoms. The first-order valence-corrected chi connectivity index (χ1v) is 8.64. The van der Waals surface area contributed by atoms with Crippen LogP contribution in [-0.2, 0) is 9.84 Å². The van der Waals surface area contributed by atoms with E-state index in [1.54, 1.807) is 12.1 Å². The van der Waals surface area contributed by atoms with Gasteiger partial charge in [-0.2, -0.15) is 8.78 Å². The number of hydrogen-bond donors (Lipinski definition) is 1. The predicted molar refractivity (Wildman–Crippen MR) is 79.3 cm³/mol. The lowest BCUT2D eigenvalue weighted by Gasteiger charge is -2.36. The van der Waals surface area contributed by atoms with Gasteiger partial charge in [-0.3, -0.25) is 0 Å². The molecule has 1 atom stereocenters. The fourth-order valence-electron chi connectivity index (χ4n) is 2.90. The zero-order valence-corrected chi connectivity index (χ0v) is 13.1. The lowest BCUT2D eigenvalue weighted by molar-refractivity contribution is 0.229. The van der Waals surface area contributed by atoms with Crippen molar-refractivity contribution >= 4 is 15.5 Å². The molecule has 0 amide bonds. The first-order valence-electron chi connectivity index (χ1n) is 7.09. The van der Waals surface area contributed by atoms with Crippen LogP contribution >= 0.6 is 0 Å². The molecule has 0 spiro atoms. The molecule has 0 radical (unpaired) electrons. The average Bonchev–Trinajstić information content (AvgIpc) is 2.38. The Bertz CT molecular complexity index is 582. The highest BCUT2D eigenvalue weighted by Crippen LogP contribution is 2.36. The first-order chi connectivity index (χ1) is 9.71. The summed E-state index contributed by atoms with van der Waals surface area (Å²) in [7, 11) is -4.51. The van der Waals surface area contributed by atoms with Crippen LogP contribution in [0.5, 0.6) is 0 Å². The van der Waals surface area contributed by atoms with Crippen LogP contribution < -0.4 is 5.32 Å². The van der Waals surface area contributed by atoms with Crippen molar-refractivity contribution in [2.24, 2.45) is 5.41 Å². The molecular formula is C15H21F2NO2S. The van der Waals surface area contributed by atoms with Gasteiger partial charge < -0.3 is 5.32 Å². The number of alkyl halides is 2. The summed E-state index contributed by atoms with van der Waals surface area (Å²) in [5.41, 5.74) is 1.07. The standard InChI is InChI=1S/C15H21F2NO2S/c1-15(2)9-3-4-12(10-15)18-11-5-7-13(8-6-11)21(19,20)14(16)17/h5-8,12,14,18H,3-4,9-10H2,1-2H3. The Morgan fingerprint density at radius 2 is 1.86 bits per heavy atom. The zero-order chi connectivity index (χ0) is 15.7. The van der Waals surface area contributed by atoms with Gasteiger partial charge in [0.25, 0.3) is 0 Å². The molecule has 1 saturated carbocycles. The molecule has 0 aliphatic heterocycles. The molecule has 6 heteroatoms. The Morgan fingerprint density at radius 1 is 1.24 bits per heavy atom. The van der Waals surface area contributed by atoms with Gasteiger partial charge in [0.15, 0.2) is 0 Å². The lowest BCUT2D eigenvalue weighted by atomic mass is 9.75. The number of sulfone groups is 1. The summed E-state index contributed by atoms with van der Waals surface area (Å²) in [6.07, 6.45) is 4.48. The molecule has 1 fully saturated rings. The number of rotatable bonds is 4. The molecule has 1 N–H and O–H groups in total. The van der Waals surface area contributed by atoms with Crippen molar-refractivity contribution in [1.29, 1.82) is 0 Å². The molecule has 0 heterocycles. The minimum Gasteiger partial charge on any atom is -0.382 e. The van der Waals surface area contributed by atoms with E-state index in [-0.39, 0.29) is 4.90 Å². The van der Waals surface area contributed by atoms with Crippen LogP contribution in [0.15, 0.2) is 29.2 Å². The largest absolute Gasteiger partial charge is 0.382 e. The SMILES string of the molecule is CC1(C)CCCC(Nc2ccc(S(=O)(=O)C(F)F)cc2)C1. The van der Waals surface area contributed by atoms with Crippen molar-refractivity contribution < 1.29 is 17.2 Å². The molecule has 1 aliphatic rings. The van der Waals surface area contributed by atoms with Crippen molar-refractivity contribution in [2.75, 3.05) is 5.32 Å². The highest BCUT2D eigenvalue weighted by molar-refractivity contribution is 7.91. The highest BCUT2D eigenvalue weighted by atomic mass is 32.2. The smallest absolute Gasteiger partial charge is 0.341 e. The highest BCUT2D eigenvalue weighted by Gasteiger charge is 2.28. The van der Waals surface area contributed by atoms with E-state index in [2.05, 4.69) is 19.2 Å². The van der Waals surface area contributed by atoms with Crippen LogP contribution in [0.3, 0.4) is 0 Å². The van der Waals surface area contributed by atoms with Gasteiger partial charge in [-0.25, -0.2) is 8.42 Å². The van der Waals surface area contributed by atoms with Gasteiger partial charge in [0.05, 0.1) is 4.90 Å². The second-order valence-corrected chi connectivity index (χ2v) is 8.35. The second kappa shape index (κ2) is 5.91. The van der Waals surface area contributed by atoms with Crippen LogP contribution in [0.4, 0.5) is 14.5 Å². The molecule has 1 aromatic rings. The summed E-state index contributed by atoms with van der Waals surface area (Å²) in [6.45, 7) is 4.47. The summed E-state index contributed by atoms with van der Waals surface area (Å²) in [5.74, 6) is -3.38. The Kier molecular flexibility index (Phi) is 4.56. The maximum Gasteiger partial charge on any atom is 0.341 e. The zero-order valence-electron chi connectivity index (χ0n) is 12.3. The monoisotopic (exact) mass is 317 g/mol. The molecule has 2 rings (SSSR count). The molecular weight excluding hydrogens is 296 g/mol. The third-order valence-electron chi connectivity index (χ3n) is 3.99. The van der Waals surface area contributed by atoms with Gasteiger partial charge in [-0.05, 0) is 48.9 Å². The van der Waals surface area contributed by atoms with Crippen LogP contribution in [0, 0.1) is 5.41 Å². The Labute approximate surface area is 124 Å². The van der Waals surface area contributed by atoms with Gasteiger partial charge in [-0.1, -0.05) is 20.3 Å². The van der Waals surface area contributed by atoms with E-state index >= 15 is 0 Å². The molecule has 1 unspecified atom stereocenters. The fourth-order valence-corrected chi connectivity index (χ4v) is 3.62. The van der Waals surface area contributed by atoms with Crippen LogP contribution in [0.1, 0.15) is 39.5 Å². The van der Waals surface area contributed by atoms with E-state index in [4.69, 9.17) is 0 Å². The minimum atomic E-state index is -4.51. The van der Waals surface area contributed by atoms with Gasteiger partial charge in [0.2, 0.25) is 9.84 Å². The molecule has 0 saturated heterocycles. The fraction of sp³-hybridized carbons (Fsp3) is 0.600. The Morgan fingerprint density at radius 3 is 2.38 bits per heavy atom. The molecule has 1 aliphatic carbocycles. The minimum absolute atomic E-state index is 0.300. The van der Waals surface area contributed by atoms with Crippen molar-refractivity contribution in [1.82, 2.24) is 0 Å². The Hall–Kier alpha value is -1.17. The maximum absolute atomic E-state index is 12.5. The number of benzene rings is 1. The van der Waals surface area contributed by atoms with E-state index in [9.17, 15) is 17.2 Å². The third-order valence-corrected chi connectivity index (χ3v) is 5.39. The number of anilines is 1. The summed E-state index contributed by atoms with van der Waals surface area (Å²) < 4.78 is 47.6. The van der Waals surface area contributed by atoms with Crippen molar-refractivity contribution in [3.63, 3.8) is 0 Å². The molecule has 1 aromatic carbocycles. The summed E-state index contributed by atoms with van der Waals surface area (Å²) in [6, 6.07) is 5.91. The third kappa shape index (κ3) is 3.93. The van der Waals surface area contributed by atoms with Gasteiger partial charge in [0.1, 0.15) is 0 Å². The second-order valence-electron chi connectivity index (χ2n) is 6.43. The van der Waals surface area contributed by atoms with Crippen LogP contribution in [0.25, 0.3) is 0 Å². The maximum atomic E-state index is 12.5. The average molecular weight is 317 g/mol. The molecule has 118 valence electrons. The van der Waals surface area contributed by atoms with Gasteiger partial charge in [-0.15, -0.1) is 0 Å². The summed E-state index contributed by atoms with van der Waals surface area (Å²) in [5, 5.41) is 3.36. The van der Waals surface area contributed by atoms with E-state index in [1.165, 1.54) is 18.6 Å². The number of nitrogens with one attached hydrogen (secondary N) is 1. The predicted octanol–water partition coefficient (Wildman–Crippen LogP) is 4.06. The molecule has 21 heavy (non-hydrogen) atoms. The normalized spacial score (nSPS) is 22.2. The van der Waals surface area contributed by atoms with Crippen molar-refractivity contribution in [3.8, 4) is 0 Å². The summed E-state index contributed by atoms with van der Waals surface area (Å²) in [4.78, 5) is -0.341. The molecule has 0 aromatic heterocycles. The van der Waals surface area contributed by atoms with Crippen molar-refractivity contribution in [2.45, 2.75) is 56.2 Å². The topological polar surface area (TPSA) is 46.2 Å². The van der Waals surface area contributed by atoms with Crippen molar-refractivity contribution in [3.05, 3.63) is 24.3 Å². The van der Waals surface area contributed by atoms with Gasteiger partial charge in [0, 0.05) is 11.7 Å². The van der Waals surface area contributed by atoms with E-state index in [1.807, 2.05) is 0 Å². The van der Waals surface area contributed by atoms with E-state index in [0.717, 1.165) is 24.9 Å². The molecule has 3 nitrogen and oxygen atoms in total. The number of halogens is 2. The van der Waals surface area contributed by atoms with Crippen LogP contribution in [-0.4, -0.2) is 20.2 Å². The van der Waals surface area contributed by atoms with Crippen LogP contribution in [0.2, 0.25) is 0 Å². The van der Waals surface area contributed by atoms with Gasteiger partial charge >= 0.3 is 5.76 Å². The quantitative estimate of drug-likeness (QED) is 0.911. The lowest BCUT2D eigenvalue weighted by Crippen LogP contribution is -2.31. The Balaban J connectivity index is 2.06. The first kappa shape index (κ1) is 16.2. The number of hydrogen-bond acceptors (Lipinski definition) is 3. The van der Waals surface area contributed by atoms with E-state index < -0.39 is 15.6 Å². The summed E-state index contributed by atoms with van der Waals surface area (Å²) >= 11 is 0.